The van der Waals surface area contributed by atoms with E-state index in [4.69, 9.17) is 5.11 Å². The van der Waals surface area contributed by atoms with Crippen LogP contribution < -0.4 is 0 Å². The van der Waals surface area contributed by atoms with Gasteiger partial charge in [-0.25, -0.2) is 4.79 Å². The molecule has 1 amide bonds. The van der Waals surface area contributed by atoms with E-state index in [-0.39, 0.29) is 17.6 Å². The lowest BCUT2D eigenvalue weighted by Gasteiger charge is -2.24. The van der Waals surface area contributed by atoms with Gasteiger partial charge in [0.05, 0.1) is 0 Å². The lowest BCUT2D eigenvalue weighted by Crippen LogP contribution is -2.37. The monoisotopic (exact) mass is 294 g/mol. The van der Waals surface area contributed by atoms with Crippen LogP contribution in [0.5, 0.6) is 0 Å². The first-order valence-corrected chi connectivity index (χ1v) is 7.49. The molecule has 6 heteroatoms. The molecule has 1 N–H and O–H groups in total. The molecule has 0 radical (unpaired) electrons. The third-order valence-electron chi connectivity index (χ3n) is 2.84. The molecule has 1 heterocycles. The van der Waals surface area contributed by atoms with E-state index >= 15 is 0 Å². The molecule has 0 aliphatic heterocycles. The number of carbonyl (C=O) groups excluding carboxylic acids is 1. The summed E-state index contributed by atoms with van der Waals surface area (Å²) < 4.78 is 0. The Hall–Kier alpha value is -1.82. The molecule has 0 aliphatic carbocycles. The maximum atomic E-state index is 12.4. The summed E-state index contributed by atoms with van der Waals surface area (Å²) in [5.74, 6) is -0.441. The number of pyridine rings is 1. The molecule has 0 bridgehead atoms. The van der Waals surface area contributed by atoms with Gasteiger partial charge in [0, 0.05) is 36.7 Å². The Morgan fingerprint density at radius 2 is 2.25 bits per heavy atom. The second kappa shape index (κ2) is 7.69. The van der Waals surface area contributed by atoms with Crippen molar-refractivity contribution in [3.05, 3.63) is 35.7 Å². The van der Waals surface area contributed by atoms with Crippen molar-refractivity contribution in [1.29, 1.82) is 0 Å². The minimum Gasteiger partial charge on any atom is -0.478 e. The quantitative estimate of drug-likeness (QED) is 0.813. The largest absolute Gasteiger partial charge is 0.478 e. The third kappa shape index (κ3) is 4.38. The summed E-state index contributed by atoms with van der Waals surface area (Å²) in [4.78, 5) is 28.7. The van der Waals surface area contributed by atoms with Gasteiger partial charge in [-0.2, -0.15) is 11.8 Å². The van der Waals surface area contributed by atoms with Crippen molar-refractivity contribution in [2.75, 3.05) is 19.1 Å². The van der Waals surface area contributed by atoms with Gasteiger partial charge < -0.3 is 10.0 Å². The molecule has 0 aromatic carbocycles. The number of aromatic nitrogens is 1. The topological polar surface area (TPSA) is 70.5 Å². The predicted molar refractivity (Wildman–Crippen MR) is 80.8 cm³/mol. The third-order valence-corrected chi connectivity index (χ3v) is 3.65. The molecule has 20 heavy (non-hydrogen) atoms. The number of aliphatic carboxylic acids is 1. The summed E-state index contributed by atoms with van der Waals surface area (Å²) in [5.41, 5.74) is 0.767. The fraction of sp³-hybridized carbons (Fsp3) is 0.357. The molecule has 1 atom stereocenters. The van der Waals surface area contributed by atoms with Gasteiger partial charge >= 0.3 is 5.97 Å². The van der Waals surface area contributed by atoms with Crippen LogP contribution in [0.2, 0.25) is 0 Å². The molecule has 0 aliphatic rings. The Balaban J connectivity index is 3.01. The molecule has 0 spiro atoms. The Kier molecular flexibility index (Phi) is 6.24. The van der Waals surface area contributed by atoms with Crippen molar-refractivity contribution in [1.82, 2.24) is 9.88 Å². The molecular formula is C14H18N2O3S. The highest BCUT2D eigenvalue weighted by atomic mass is 32.2. The first-order valence-electron chi connectivity index (χ1n) is 6.09. The van der Waals surface area contributed by atoms with Gasteiger partial charge in [0.1, 0.15) is 5.69 Å². The van der Waals surface area contributed by atoms with E-state index in [0.717, 1.165) is 11.8 Å². The number of hydrogen-bond acceptors (Lipinski definition) is 4. The minimum atomic E-state index is -1.06. The van der Waals surface area contributed by atoms with Crippen molar-refractivity contribution < 1.29 is 14.7 Å². The van der Waals surface area contributed by atoms with Crippen LogP contribution in [0.4, 0.5) is 0 Å². The molecule has 0 saturated carbocycles. The lowest BCUT2D eigenvalue weighted by atomic mass is 10.1. The van der Waals surface area contributed by atoms with Crippen LogP contribution in [-0.2, 0) is 4.79 Å². The fourth-order valence-electron chi connectivity index (χ4n) is 1.61. The second-order valence-corrected chi connectivity index (χ2v) is 5.24. The summed E-state index contributed by atoms with van der Waals surface area (Å²) in [6.45, 7) is 1.96. The minimum absolute atomic E-state index is 0.0795. The number of carboxylic acids is 1. The van der Waals surface area contributed by atoms with Crippen LogP contribution in [0.15, 0.2) is 24.4 Å². The van der Waals surface area contributed by atoms with E-state index in [1.165, 1.54) is 12.3 Å². The van der Waals surface area contributed by atoms with Crippen molar-refractivity contribution >= 4 is 29.7 Å². The van der Waals surface area contributed by atoms with Crippen molar-refractivity contribution in [2.45, 2.75) is 13.0 Å². The van der Waals surface area contributed by atoms with E-state index in [1.807, 2.05) is 13.2 Å². The van der Waals surface area contributed by atoms with Crippen LogP contribution in [-0.4, -0.2) is 52.0 Å². The SMILES string of the molecule is CSCC(C)N(C)C(=O)c1ncccc1/C=C/C(=O)O. The second-order valence-electron chi connectivity index (χ2n) is 4.33. The molecule has 1 unspecified atom stereocenters. The molecule has 1 rings (SSSR count). The van der Waals surface area contributed by atoms with Crippen molar-refractivity contribution in [2.24, 2.45) is 0 Å². The Labute approximate surface area is 122 Å². The van der Waals surface area contributed by atoms with Gasteiger partial charge in [-0.05, 0) is 25.3 Å². The van der Waals surface area contributed by atoms with Gasteiger partial charge in [0.2, 0.25) is 0 Å². The number of nitrogens with zero attached hydrogens (tertiary/aromatic N) is 2. The average Bonchev–Trinajstić information content (AvgIpc) is 2.44. The van der Waals surface area contributed by atoms with Gasteiger partial charge in [0.25, 0.3) is 5.91 Å². The lowest BCUT2D eigenvalue weighted by molar-refractivity contribution is -0.131. The molecule has 108 valence electrons. The highest BCUT2D eigenvalue weighted by Crippen LogP contribution is 2.13. The number of thioether (sulfide) groups is 1. The molecule has 0 saturated heterocycles. The highest BCUT2D eigenvalue weighted by molar-refractivity contribution is 7.98. The van der Waals surface area contributed by atoms with Gasteiger partial charge in [-0.15, -0.1) is 0 Å². The fourth-order valence-corrected chi connectivity index (χ4v) is 2.32. The Bertz CT molecular complexity index is 517. The molecule has 1 aromatic heterocycles. The number of hydrogen-bond donors (Lipinski definition) is 1. The zero-order chi connectivity index (χ0) is 15.1. The van der Waals surface area contributed by atoms with Crippen LogP contribution in [0, 0.1) is 0 Å². The van der Waals surface area contributed by atoms with Crippen LogP contribution in [0.1, 0.15) is 23.0 Å². The first-order chi connectivity index (χ1) is 9.47. The molecule has 1 aromatic rings. The Morgan fingerprint density at radius 1 is 1.55 bits per heavy atom. The van der Waals surface area contributed by atoms with E-state index in [1.54, 1.807) is 35.8 Å². The van der Waals surface area contributed by atoms with E-state index in [9.17, 15) is 9.59 Å². The van der Waals surface area contributed by atoms with Gasteiger partial charge in [-0.3, -0.25) is 9.78 Å². The van der Waals surface area contributed by atoms with Crippen molar-refractivity contribution in [3.63, 3.8) is 0 Å². The molecular weight excluding hydrogens is 276 g/mol. The van der Waals surface area contributed by atoms with E-state index in [0.29, 0.717) is 5.56 Å². The summed E-state index contributed by atoms with van der Waals surface area (Å²) in [6, 6.07) is 3.42. The van der Waals surface area contributed by atoms with Crippen LogP contribution in [0.25, 0.3) is 6.08 Å². The normalized spacial score (nSPS) is 12.3. The summed E-state index contributed by atoms with van der Waals surface area (Å²) in [7, 11) is 1.72. The maximum absolute atomic E-state index is 12.4. The molecule has 0 fully saturated rings. The van der Waals surface area contributed by atoms with Gasteiger partial charge in [0.15, 0.2) is 0 Å². The first kappa shape index (κ1) is 16.2. The smallest absolute Gasteiger partial charge is 0.328 e. The number of rotatable bonds is 6. The zero-order valence-electron chi connectivity index (χ0n) is 11.7. The summed E-state index contributed by atoms with van der Waals surface area (Å²) in [5, 5.41) is 8.67. The number of carbonyl (C=O) groups is 2. The average molecular weight is 294 g/mol. The van der Waals surface area contributed by atoms with E-state index in [2.05, 4.69) is 4.98 Å². The highest BCUT2D eigenvalue weighted by Gasteiger charge is 2.20. The van der Waals surface area contributed by atoms with E-state index < -0.39 is 5.97 Å². The maximum Gasteiger partial charge on any atom is 0.328 e. The standard InChI is InChI=1S/C14H18N2O3S/c1-10(9-20-3)16(2)14(19)13-11(5-4-8-15-13)6-7-12(17)18/h4-8,10H,9H2,1-3H3,(H,17,18)/b7-6+. The van der Waals surface area contributed by atoms with Crippen LogP contribution >= 0.6 is 11.8 Å². The van der Waals surface area contributed by atoms with Crippen LogP contribution in [0.3, 0.4) is 0 Å². The molecule has 5 nitrogen and oxygen atoms in total. The number of amides is 1. The zero-order valence-corrected chi connectivity index (χ0v) is 12.6. The predicted octanol–water partition coefficient (Wildman–Crippen LogP) is 2.00. The Morgan fingerprint density at radius 3 is 2.85 bits per heavy atom. The van der Waals surface area contributed by atoms with Gasteiger partial charge in [-0.1, -0.05) is 6.07 Å². The van der Waals surface area contributed by atoms with Crippen molar-refractivity contribution in [3.8, 4) is 0 Å². The number of carboxylic acid groups (broad SMARTS) is 1. The summed E-state index contributed by atoms with van der Waals surface area (Å²) >= 11 is 1.66. The summed E-state index contributed by atoms with van der Waals surface area (Å²) in [6.07, 6.45) is 5.89.